The van der Waals surface area contributed by atoms with Gasteiger partial charge in [0.2, 0.25) is 5.91 Å². The minimum Gasteiger partial charge on any atom is -0.361 e. The Morgan fingerprint density at radius 2 is 1.75 bits per heavy atom. The molecule has 0 aliphatic rings. The van der Waals surface area contributed by atoms with Gasteiger partial charge < -0.3 is 4.98 Å². The number of amides is 2. The number of carbonyl (C=O) groups is 2. The van der Waals surface area contributed by atoms with Crippen molar-refractivity contribution in [3.63, 3.8) is 0 Å². The number of hydrogen-bond donors (Lipinski definition) is 4. The van der Waals surface area contributed by atoms with Crippen LogP contribution < -0.4 is 10.9 Å². The van der Waals surface area contributed by atoms with Crippen LogP contribution in [0.4, 0.5) is 0 Å². The zero-order chi connectivity index (χ0) is 19.3. The lowest BCUT2D eigenvalue weighted by Gasteiger charge is -2.06. The van der Waals surface area contributed by atoms with Crippen LogP contribution in [0.5, 0.6) is 0 Å². The lowest BCUT2D eigenvalue weighted by molar-refractivity contribution is -0.121. The highest BCUT2D eigenvalue weighted by atomic mass is 16.2. The molecule has 2 aromatic carbocycles. The number of fused-ring (bicyclic) bond motifs is 1. The molecule has 2 aromatic heterocycles. The first-order valence-electron chi connectivity index (χ1n) is 8.96. The summed E-state index contributed by atoms with van der Waals surface area (Å²) in [7, 11) is 0. The molecule has 28 heavy (non-hydrogen) atoms. The molecule has 0 atom stereocenters. The van der Waals surface area contributed by atoms with Gasteiger partial charge in [-0.3, -0.25) is 25.5 Å². The fourth-order valence-corrected chi connectivity index (χ4v) is 3.04. The molecule has 0 spiro atoms. The van der Waals surface area contributed by atoms with Crippen molar-refractivity contribution in [1.82, 2.24) is 26.0 Å². The number of H-pyrrole nitrogens is 2. The summed E-state index contributed by atoms with van der Waals surface area (Å²) in [6.07, 6.45) is 2.75. The predicted octanol–water partition coefficient (Wildman–Crippen LogP) is 2.95. The van der Waals surface area contributed by atoms with Crippen LogP contribution in [0.25, 0.3) is 22.2 Å². The van der Waals surface area contributed by atoms with Gasteiger partial charge in [-0.15, -0.1) is 0 Å². The van der Waals surface area contributed by atoms with E-state index in [1.807, 2.05) is 60.8 Å². The Kier molecular flexibility index (Phi) is 4.88. The van der Waals surface area contributed by atoms with Crippen LogP contribution in [0.1, 0.15) is 22.5 Å². The molecule has 0 aliphatic heterocycles. The molecule has 4 aromatic rings. The Balaban J connectivity index is 1.30. The molecule has 4 rings (SSSR count). The third-order valence-corrected chi connectivity index (χ3v) is 4.50. The topological polar surface area (TPSA) is 103 Å². The minimum atomic E-state index is -0.449. The third-order valence-electron chi connectivity index (χ3n) is 4.50. The highest BCUT2D eigenvalue weighted by molar-refractivity contribution is 5.94. The highest BCUT2D eigenvalue weighted by Crippen LogP contribution is 2.19. The molecular weight excluding hydrogens is 354 g/mol. The molecule has 0 saturated carbocycles. The molecule has 0 aliphatic carbocycles. The van der Waals surface area contributed by atoms with E-state index in [0.29, 0.717) is 12.1 Å². The number of benzene rings is 2. The lowest BCUT2D eigenvalue weighted by atomic mass is 10.1. The number of aryl methyl sites for hydroxylation is 1. The second-order valence-electron chi connectivity index (χ2n) is 6.39. The first-order valence-corrected chi connectivity index (χ1v) is 8.96. The van der Waals surface area contributed by atoms with Gasteiger partial charge in [0.05, 0.1) is 5.69 Å². The van der Waals surface area contributed by atoms with Crippen LogP contribution in [0.2, 0.25) is 0 Å². The van der Waals surface area contributed by atoms with E-state index in [1.165, 1.54) is 0 Å². The third kappa shape index (κ3) is 3.78. The van der Waals surface area contributed by atoms with Crippen LogP contribution in [-0.4, -0.2) is 27.0 Å². The van der Waals surface area contributed by atoms with E-state index in [1.54, 1.807) is 6.07 Å². The Bertz CT molecular complexity index is 1110. The van der Waals surface area contributed by atoms with E-state index >= 15 is 0 Å². The zero-order valence-electron chi connectivity index (χ0n) is 15.0. The van der Waals surface area contributed by atoms with E-state index in [0.717, 1.165) is 22.0 Å². The van der Waals surface area contributed by atoms with Crippen LogP contribution in [-0.2, 0) is 11.2 Å². The van der Waals surface area contributed by atoms with Crippen molar-refractivity contribution in [2.45, 2.75) is 12.8 Å². The van der Waals surface area contributed by atoms with Gasteiger partial charge in [-0.2, -0.15) is 5.10 Å². The predicted molar refractivity (Wildman–Crippen MR) is 106 cm³/mol. The molecule has 0 saturated heterocycles. The quantitative estimate of drug-likeness (QED) is 0.404. The number of para-hydroxylation sites is 1. The van der Waals surface area contributed by atoms with Crippen molar-refractivity contribution in [3.05, 3.63) is 78.1 Å². The molecular formula is C21H19N5O2. The molecule has 7 heteroatoms. The molecule has 4 N–H and O–H groups in total. The summed E-state index contributed by atoms with van der Waals surface area (Å²) in [4.78, 5) is 27.5. The van der Waals surface area contributed by atoms with Gasteiger partial charge in [-0.05, 0) is 24.1 Å². The first-order chi connectivity index (χ1) is 13.7. The molecule has 2 amide bonds. The molecule has 0 radical (unpaired) electrons. The number of nitrogens with one attached hydrogen (secondary N) is 4. The smallest absolute Gasteiger partial charge is 0.287 e. The first kappa shape index (κ1) is 17.5. The summed E-state index contributed by atoms with van der Waals surface area (Å²) in [5.41, 5.74) is 8.81. The van der Waals surface area contributed by atoms with Crippen LogP contribution in [0, 0.1) is 0 Å². The molecule has 0 unspecified atom stereocenters. The monoisotopic (exact) mass is 373 g/mol. The largest absolute Gasteiger partial charge is 0.361 e. The Morgan fingerprint density at radius 1 is 0.964 bits per heavy atom. The van der Waals surface area contributed by atoms with E-state index in [2.05, 4.69) is 26.0 Å². The van der Waals surface area contributed by atoms with Crippen LogP contribution in [0.3, 0.4) is 0 Å². The van der Waals surface area contributed by atoms with E-state index < -0.39 is 5.91 Å². The molecule has 2 heterocycles. The Hall–Kier alpha value is -3.87. The second-order valence-corrected chi connectivity index (χ2v) is 6.39. The summed E-state index contributed by atoms with van der Waals surface area (Å²) in [5.74, 6) is -0.712. The molecule has 140 valence electrons. The molecule has 0 fully saturated rings. The Morgan fingerprint density at radius 3 is 2.61 bits per heavy atom. The fourth-order valence-electron chi connectivity index (χ4n) is 3.04. The van der Waals surface area contributed by atoms with Crippen molar-refractivity contribution in [1.29, 1.82) is 0 Å². The van der Waals surface area contributed by atoms with Crippen molar-refractivity contribution in [2.24, 2.45) is 0 Å². The van der Waals surface area contributed by atoms with Gasteiger partial charge in [0.15, 0.2) is 0 Å². The number of nitrogens with zero attached hydrogens (tertiary/aromatic N) is 1. The van der Waals surface area contributed by atoms with E-state index in [9.17, 15) is 9.59 Å². The SMILES string of the molecule is O=C(CCc1c[nH]c2ccccc12)NNC(=O)c1cc(-c2ccccc2)n[nH]1. The Labute approximate surface area is 161 Å². The molecule has 0 bridgehead atoms. The normalized spacial score (nSPS) is 10.7. The second kappa shape index (κ2) is 7.79. The van der Waals surface area contributed by atoms with Crippen LogP contribution >= 0.6 is 0 Å². The fraction of sp³-hybridized carbons (Fsp3) is 0.0952. The lowest BCUT2D eigenvalue weighted by Crippen LogP contribution is -2.41. The maximum absolute atomic E-state index is 12.2. The van der Waals surface area contributed by atoms with Gasteiger partial charge in [0.1, 0.15) is 5.69 Å². The van der Waals surface area contributed by atoms with Gasteiger partial charge >= 0.3 is 0 Å². The number of hydrogen-bond acceptors (Lipinski definition) is 3. The number of hydrazine groups is 1. The number of rotatable bonds is 5. The van der Waals surface area contributed by atoms with Crippen molar-refractivity contribution >= 4 is 22.7 Å². The minimum absolute atomic E-state index is 0.263. The maximum atomic E-state index is 12.2. The van der Waals surface area contributed by atoms with Gasteiger partial charge in [-0.25, -0.2) is 0 Å². The van der Waals surface area contributed by atoms with E-state index in [-0.39, 0.29) is 18.0 Å². The molecule has 7 nitrogen and oxygen atoms in total. The van der Waals surface area contributed by atoms with Gasteiger partial charge in [0.25, 0.3) is 5.91 Å². The van der Waals surface area contributed by atoms with Crippen LogP contribution in [0.15, 0.2) is 66.9 Å². The standard InChI is InChI=1S/C21H19N5O2/c27-20(11-10-15-13-22-17-9-5-4-8-16(15)17)25-26-21(28)19-12-18(23-24-19)14-6-2-1-3-7-14/h1-9,12-13,22H,10-11H2,(H,23,24)(H,25,27)(H,26,28). The van der Waals surface area contributed by atoms with Crippen molar-refractivity contribution < 1.29 is 9.59 Å². The number of carbonyl (C=O) groups excluding carboxylic acids is 2. The highest BCUT2D eigenvalue weighted by Gasteiger charge is 2.12. The average Bonchev–Trinajstić information content (AvgIpc) is 3.39. The summed E-state index contributed by atoms with van der Waals surface area (Å²) in [5, 5.41) is 7.92. The maximum Gasteiger partial charge on any atom is 0.287 e. The van der Waals surface area contributed by atoms with E-state index in [4.69, 9.17) is 0 Å². The summed E-state index contributed by atoms with van der Waals surface area (Å²) in [6, 6.07) is 19.1. The van der Waals surface area contributed by atoms with Crippen molar-refractivity contribution in [2.75, 3.05) is 0 Å². The van der Waals surface area contributed by atoms with Gasteiger partial charge in [-0.1, -0.05) is 48.5 Å². The van der Waals surface area contributed by atoms with Gasteiger partial charge in [0, 0.05) is 29.1 Å². The summed E-state index contributed by atoms with van der Waals surface area (Å²) < 4.78 is 0. The summed E-state index contributed by atoms with van der Waals surface area (Å²) >= 11 is 0. The van der Waals surface area contributed by atoms with Crippen molar-refractivity contribution in [3.8, 4) is 11.3 Å². The number of aromatic amines is 2. The average molecular weight is 373 g/mol. The zero-order valence-corrected chi connectivity index (χ0v) is 15.0. The summed E-state index contributed by atoms with van der Waals surface area (Å²) in [6.45, 7) is 0. The number of aromatic nitrogens is 3.